The fourth-order valence-electron chi connectivity index (χ4n) is 4.52. The molecule has 0 spiro atoms. The summed E-state index contributed by atoms with van der Waals surface area (Å²) in [6, 6.07) is 12.8. The number of carbonyl (C=O) groups excluding carboxylic acids is 2. The van der Waals surface area contributed by atoms with Crippen LogP contribution in [0.1, 0.15) is 30.4 Å². The minimum absolute atomic E-state index is 0.0171. The number of ether oxygens (including phenoxy) is 3. The molecular formula is C25H30N2O8S. The number of hydrogen-bond donors (Lipinski definition) is 2. The minimum atomic E-state index is -4.07. The van der Waals surface area contributed by atoms with E-state index in [0.29, 0.717) is 11.3 Å². The molecule has 0 bridgehead atoms. The van der Waals surface area contributed by atoms with Crippen molar-refractivity contribution >= 4 is 27.7 Å². The largest absolute Gasteiger partial charge is 0.497 e. The molecule has 194 valence electrons. The highest BCUT2D eigenvalue weighted by Gasteiger charge is 2.56. The Balaban J connectivity index is 2.13. The van der Waals surface area contributed by atoms with E-state index in [1.165, 1.54) is 40.4 Å². The van der Waals surface area contributed by atoms with Gasteiger partial charge in [-0.1, -0.05) is 29.8 Å². The van der Waals surface area contributed by atoms with Crippen molar-refractivity contribution in [2.24, 2.45) is 16.9 Å². The molecule has 0 unspecified atom stereocenters. The van der Waals surface area contributed by atoms with Crippen LogP contribution in [0.3, 0.4) is 0 Å². The van der Waals surface area contributed by atoms with Crippen LogP contribution in [0.4, 0.5) is 0 Å². The van der Waals surface area contributed by atoms with Crippen LogP contribution in [0.25, 0.3) is 0 Å². The molecule has 2 aromatic carbocycles. The molecule has 0 radical (unpaired) electrons. The molecule has 1 fully saturated rings. The predicted molar refractivity (Wildman–Crippen MR) is 131 cm³/mol. The van der Waals surface area contributed by atoms with E-state index in [1.807, 2.05) is 6.92 Å². The van der Waals surface area contributed by atoms with Crippen molar-refractivity contribution in [1.29, 1.82) is 0 Å². The molecule has 0 aromatic heterocycles. The van der Waals surface area contributed by atoms with E-state index in [4.69, 9.17) is 14.2 Å². The summed E-state index contributed by atoms with van der Waals surface area (Å²) in [5.74, 6) is -4.25. The summed E-state index contributed by atoms with van der Waals surface area (Å²) in [6.07, 6.45) is -0.282. The van der Waals surface area contributed by atoms with Crippen LogP contribution in [-0.2, 0) is 29.1 Å². The Kier molecular flexibility index (Phi) is 8.05. The Morgan fingerprint density at radius 3 is 2.11 bits per heavy atom. The number of rotatable bonds is 7. The third-order valence-electron chi connectivity index (χ3n) is 6.34. The molecule has 2 N–H and O–H groups in total. The van der Waals surface area contributed by atoms with Gasteiger partial charge in [0, 0.05) is 12.3 Å². The number of methoxy groups -OCH3 is 3. The van der Waals surface area contributed by atoms with Crippen LogP contribution >= 0.6 is 0 Å². The first kappa shape index (κ1) is 27.2. The molecule has 0 heterocycles. The Hall–Kier alpha value is -3.44. The van der Waals surface area contributed by atoms with Crippen LogP contribution in [0.15, 0.2) is 58.5 Å². The summed E-state index contributed by atoms with van der Waals surface area (Å²) in [5.41, 5.74) is -0.319. The Labute approximate surface area is 210 Å². The number of aryl methyl sites for hydroxylation is 1. The number of esters is 2. The van der Waals surface area contributed by atoms with E-state index in [1.54, 1.807) is 36.4 Å². The number of nitrogens with zero attached hydrogens (tertiary/aromatic N) is 1. The van der Waals surface area contributed by atoms with Crippen LogP contribution in [0, 0.1) is 18.8 Å². The lowest BCUT2D eigenvalue weighted by atomic mass is 9.61. The van der Waals surface area contributed by atoms with Crippen molar-refractivity contribution in [1.82, 2.24) is 4.83 Å². The zero-order chi connectivity index (χ0) is 26.7. The van der Waals surface area contributed by atoms with Crippen molar-refractivity contribution in [2.45, 2.75) is 36.7 Å². The summed E-state index contributed by atoms with van der Waals surface area (Å²) in [7, 11) is -0.202. The summed E-state index contributed by atoms with van der Waals surface area (Å²) < 4.78 is 40.9. The lowest BCUT2D eigenvalue weighted by molar-refractivity contribution is -0.160. The fourth-order valence-corrected chi connectivity index (χ4v) is 5.36. The monoisotopic (exact) mass is 518 g/mol. The maximum atomic E-state index is 13.0. The van der Waals surface area contributed by atoms with E-state index in [2.05, 4.69) is 9.93 Å². The summed E-state index contributed by atoms with van der Waals surface area (Å²) in [6.45, 7) is 3.24. The Morgan fingerprint density at radius 1 is 1.00 bits per heavy atom. The number of sulfonamides is 1. The van der Waals surface area contributed by atoms with Gasteiger partial charge in [-0.2, -0.15) is 13.5 Å². The van der Waals surface area contributed by atoms with Crippen molar-refractivity contribution in [3.05, 3.63) is 59.7 Å². The SMILES string of the molecule is COC(=O)[C@@H]1/C(=N\NS(=O)(=O)c2ccc(C)cc2)C[C@@](C)(O)[C@@H](C(=O)OC)[C@@H]1c1ccc(OC)cc1. The number of aliphatic hydroxyl groups is 1. The van der Waals surface area contributed by atoms with E-state index < -0.39 is 45.3 Å². The highest BCUT2D eigenvalue weighted by atomic mass is 32.2. The van der Waals surface area contributed by atoms with Gasteiger partial charge in [0.05, 0.1) is 43.5 Å². The zero-order valence-corrected chi connectivity index (χ0v) is 21.5. The molecule has 0 amide bonds. The van der Waals surface area contributed by atoms with Gasteiger partial charge in [-0.05, 0) is 43.7 Å². The molecular weight excluding hydrogens is 488 g/mol. The zero-order valence-electron chi connectivity index (χ0n) is 20.7. The molecule has 1 saturated carbocycles. The second-order valence-electron chi connectivity index (χ2n) is 8.85. The van der Waals surface area contributed by atoms with Crippen molar-refractivity contribution in [2.75, 3.05) is 21.3 Å². The van der Waals surface area contributed by atoms with E-state index in [-0.39, 0.29) is 17.0 Å². The molecule has 11 heteroatoms. The molecule has 1 aliphatic rings. The molecule has 3 rings (SSSR count). The number of carbonyl (C=O) groups is 2. The highest BCUT2D eigenvalue weighted by molar-refractivity contribution is 7.89. The summed E-state index contributed by atoms with van der Waals surface area (Å²) in [5, 5.41) is 15.4. The molecule has 10 nitrogen and oxygen atoms in total. The van der Waals surface area contributed by atoms with Gasteiger partial charge in [0.25, 0.3) is 10.0 Å². The molecule has 1 aliphatic carbocycles. The van der Waals surface area contributed by atoms with E-state index in [0.717, 1.165) is 5.56 Å². The molecule has 36 heavy (non-hydrogen) atoms. The van der Waals surface area contributed by atoms with E-state index in [9.17, 15) is 23.1 Å². The number of hydrogen-bond acceptors (Lipinski definition) is 9. The first-order valence-corrected chi connectivity index (χ1v) is 12.6. The van der Waals surface area contributed by atoms with Crippen LogP contribution in [0.2, 0.25) is 0 Å². The van der Waals surface area contributed by atoms with E-state index >= 15 is 0 Å². The lowest BCUT2D eigenvalue weighted by Gasteiger charge is -2.44. The smallest absolute Gasteiger partial charge is 0.315 e. The highest BCUT2D eigenvalue weighted by Crippen LogP contribution is 2.47. The standard InChI is InChI=1S/C25H30N2O8S/c1-15-6-12-18(13-7-15)36(31,32)27-26-19-14-25(2,30)22(24(29)35-5)20(21(19)23(28)34-4)16-8-10-17(33-3)11-9-16/h6-13,20-22,27,30H,14H2,1-5H3/b26-19-/t20-,21-,22-,25-/m1/s1. The quantitative estimate of drug-likeness (QED) is 0.420. The van der Waals surface area contributed by atoms with Crippen LogP contribution < -0.4 is 9.57 Å². The Bertz CT molecular complexity index is 1240. The fraction of sp³-hybridized carbons (Fsp3) is 0.400. The lowest BCUT2D eigenvalue weighted by Crippen LogP contribution is -2.55. The Morgan fingerprint density at radius 2 is 1.58 bits per heavy atom. The summed E-state index contributed by atoms with van der Waals surface area (Å²) >= 11 is 0. The first-order valence-electron chi connectivity index (χ1n) is 11.1. The van der Waals surface area contributed by atoms with Gasteiger partial charge >= 0.3 is 11.9 Å². The van der Waals surface area contributed by atoms with Gasteiger partial charge < -0.3 is 19.3 Å². The average Bonchev–Trinajstić information content (AvgIpc) is 2.86. The summed E-state index contributed by atoms with van der Waals surface area (Å²) in [4.78, 5) is 28.1. The van der Waals surface area contributed by atoms with Gasteiger partial charge in [0.15, 0.2) is 0 Å². The predicted octanol–water partition coefficient (Wildman–Crippen LogP) is 2.15. The van der Waals surface area contributed by atoms with Gasteiger partial charge in [-0.25, -0.2) is 4.83 Å². The minimum Gasteiger partial charge on any atom is -0.497 e. The van der Waals surface area contributed by atoms with Crippen LogP contribution in [0.5, 0.6) is 5.75 Å². The van der Waals surface area contributed by atoms with Gasteiger partial charge in [-0.15, -0.1) is 0 Å². The second kappa shape index (κ2) is 10.7. The van der Waals surface area contributed by atoms with Crippen molar-refractivity contribution in [3.63, 3.8) is 0 Å². The number of hydrazone groups is 1. The third kappa shape index (κ3) is 5.52. The topological polar surface area (TPSA) is 141 Å². The van der Waals surface area contributed by atoms with Crippen LogP contribution in [-0.4, -0.2) is 58.1 Å². The maximum absolute atomic E-state index is 13.0. The molecule has 0 saturated heterocycles. The van der Waals surface area contributed by atoms with Gasteiger partial charge in [-0.3, -0.25) is 9.59 Å². The molecule has 0 aliphatic heterocycles. The van der Waals surface area contributed by atoms with Crippen molar-refractivity contribution in [3.8, 4) is 5.75 Å². The molecule has 4 atom stereocenters. The van der Waals surface area contributed by atoms with Gasteiger partial charge in [0.1, 0.15) is 11.7 Å². The number of nitrogens with one attached hydrogen (secondary N) is 1. The average molecular weight is 519 g/mol. The van der Waals surface area contributed by atoms with Gasteiger partial charge in [0.2, 0.25) is 0 Å². The second-order valence-corrected chi connectivity index (χ2v) is 10.5. The van der Waals surface area contributed by atoms with Crippen molar-refractivity contribution < 1.29 is 37.3 Å². The third-order valence-corrected chi connectivity index (χ3v) is 7.56. The number of benzene rings is 2. The maximum Gasteiger partial charge on any atom is 0.315 e. The normalized spacial score (nSPS) is 25.2. The molecule has 2 aromatic rings. The first-order chi connectivity index (χ1) is 16.9.